The molecule has 1 fully saturated rings. The number of halogens is 4. The number of rotatable bonds is 4. The molecule has 0 saturated carbocycles. The van der Waals surface area contributed by atoms with Gasteiger partial charge in [0.2, 0.25) is 0 Å². The first-order valence-electron chi connectivity index (χ1n) is 9.27. The Morgan fingerprint density at radius 2 is 1.62 bits per heavy atom. The number of ether oxygens (including phenoxy) is 2. The molecule has 1 aliphatic rings. The van der Waals surface area contributed by atoms with Crippen molar-refractivity contribution in [2.24, 2.45) is 5.92 Å². The van der Waals surface area contributed by atoms with Crippen LogP contribution in [0.25, 0.3) is 0 Å². The van der Waals surface area contributed by atoms with Gasteiger partial charge in [0, 0.05) is 17.9 Å². The van der Waals surface area contributed by atoms with Gasteiger partial charge < -0.3 is 9.47 Å². The summed E-state index contributed by atoms with van der Waals surface area (Å²) in [6.45, 7) is 3.04. The molecule has 0 amide bonds. The van der Waals surface area contributed by atoms with Crippen molar-refractivity contribution >= 4 is 0 Å². The molecule has 0 N–H and O–H groups in total. The fraction of sp³-hybridized carbons (Fsp3) is 0.304. The molecule has 2 aromatic rings. The van der Waals surface area contributed by atoms with Gasteiger partial charge in [0.05, 0.1) is 18.8 Å². The topological polar surface area (TPSA) is 18.5 Å². The summed E-state index contributed by atoms with van der Waals surface area (Å²) in [4.78, 5) is 0. The summed E-state index contributed by atoms with van der Waals surface area (Å²) in [6, 6.07) is 5.44. The van der Waals surface area contributed by atoms with Crippen molar-refractivity contribution in [2.75, 3.05) is 13.2 Å². The number of aryl methyl sites for hydroxylation is 1. The standard InChI is InChI=1S/C23H20F4O2/c1-2-3-17-13-28-23(29-14-17)9-6-16-11-20(25)18(21(26)12-16)7-4-15-5-8-19(24)22(27)10-15/h2-3,5,8,10-12,17,23H,6,9,13-14H2,1H3. The molecule has 2 aromatic carbocycles. The van der Waals surface area contributed by atoms with Gasteiger partial charge in [-0.3, -0.25) is 0 Å². The highest BCUT2D eigenvalue weighted by Crippen LogP contribution is 2.20. The van der Waals surface area contributed by atoms with Gasteiger partial charge in [0.15, 0.2) is 17.9 Å². The summed E-state index contributed by atoms with van der Waals surface area (Å²) in [6.07, 6.45) is 4.40. The van der Waals surface area contributed by atoms with Gasteiger partial charge in [-0.05, 0) is 49.2 Å². The lowest BCUT2D eigenvalue weighted by Gasteiger charge is -2.27. The maximum atomic E-state index is 14.3. The van der Waals surface area contributed by atoms with Crippen LogP contribution in [0.1, 0.15) is 30.0 Å². The molecular weight excluding hydrogens is 384 g/mol. The van der Waals surface area contributed by atoms with E-state index in [4.69, 9.17) is 9.47 Å². The number of allylic oxidation sites excluding steroid dienone is 1. The monoisotopic (exact) mass is 404 g/mol. The minimum Gasteiger partial charge on any atom is -0.352 e. The highest BCUT2D eigenvalue weighted by atomic mass is 19.2. The van der Waals surface area contributed by atoms with Crippen LogP contribution in [0.15, 0.2) is 42.5 Å². The quantitative estimate of drug-likeness (QED) is 0.399. The minimum atomic E-state index is -1.07. The van der Waals surface area contributed by atoms with E-state index in [-0.39, 0.29) is 11.5 Å². The summed E-state index contributed by atoms with van der Waals surface area (Å²) in [5.74, 6) is 1.31. The van der Waals surface area contributed by atoms with E-state index in [0.29, 0.717) is 31.6 Å². The molecule has 1 saturated heterocycles. The van der Waals surface area contributed by atoms with E-state index in [9.17, 15) is 17.6 Å². The van der Waals surface area contributed by atoms with Crippen molar-refractivity contribution in [3.63, 3.8) is 0 Å². The third kappa shape index (κ3) is 5.69. The maximum absolute atomic E-state index is 14.3. The molecule has 0 radical (unpaired) electrons. The summed E-state index contributed by atoms with van der Waals surface area (Å²) in [7, 11) is 0. The Kier molecular flexibility index (Phi) is 7.08. The van der Waals surface area contributed by atoms with Crippen molar-refractivity contribution < 1.29 is 27.0 Å². The van der Waals surface area contributed by atoms with E-state index in [0.717, 1.165) is 12.1 Å². The summed E-state index contributed by atoms with van der Waals surface area (Å²) in [5, 5.41) is 0. The Morgan fingerprint density at radius 3 is 2.24 bits per heavy atom. The second-order valence-corrected chi connectivity index (χ2v) is 6.73. The van der Waals surface area contributed by atoms with Crippen molar-refractivity contribution in [3.8, 4) is 11.8 Å². The van der Waals surface area contributed by atoms with Crippen LogP contribution in [-0.2, 0) is 15.9 Å². The predicted octanol–water partition coefficient (Wildman–Crippen LogP) is 5.14. The molecule has 2 nitrogen and oxygen atoms in total. The summed E-state index contributed by atoms with van der Waals surface area (Å²) < 4.78 is 66.0. The second kappa shape index (κ2) is 9.73. The Labute approximate surface area is 167 Å². The highest BCUT2D eigenvalue weighted by molar-refractivity contribution is 5.45. The fourth-order valence-electron chi connectivity index (χ4n) is 2.99. The SMILES string of the molecule is CC=CC1COC(CCc2cc(F)c(C#Cc3ccc(F)c(F)c3)c(F)c2)OC1. The van der Waals surface area contributed by atoms with Gasteiger partial charge in [-0.15, -0.1) is 0 Å². The molecule has 0 unspecified atom stereocenters. The first-order valence-corrected chi connectivity index (χ1v) is 9.27. The Morgan fingerprint density at radius 1 is 0.931 bits per heavy atom. The van der Waals surface area contributed by atoms with Crippen LogP contribution in [0.4, 0.5) is 17.6 Å². The van der Waals surface area contributed by atoms with Crippen molar-refractivity contribution in [1.82, 2.24) is 0 Å². The second-order valence-electron chi connectivity index (χ2n) is 6.73. The molecule has 0 aliphatic carbocycles. The van der Waals surface area contributed by atoms with Gasteiger partial charge >= 0.3 is 0 Å². The van der Waals surface area contributed by atoms with Crippen LogP contribution in [-0.4, -0.2) is 19.5 Å². The number of hydrogen-bond donors (Lipinski definition) is 0. The van der Waals surface area contributed by atoms with Crippen LogP contribution in [0.3, 0.4) is 0 Å². The van der Waals surface area contributed by atoms with E-state index >= 15 is 0 Å². The fourth-order valence-corrected chi connectivity index (χ4v) is 2.99. The van der Waals surface area contributed by atoms with Gasteiger partial charge in [-0.25, -0.2) is 17.6 Å². The van der Waals surface area contributed by atoms with E-state index in [1.54, 1.807) is 0 Å². The summed E-state index contributed by atoms with van der Waals surface area (Å²) >= 11 is 0. The molecule has 1 aliphatic heterocycles. The smallest absolute Gasteiger partial charge is 0.160 e. The van der Waals surface area contributed by atoms with Crippen molar-refractivity contribution in [2.45, 2.75) is 26.1 Å². The molecule has 0 bridgehead atoms. The van der Waals surface area contributed by atoms with Crippen LogP contribution in [0, 0.1) is 41.0 Å². The lowest BCUT2D eigenvalue weighted by molar-refractivity contribution is -0.195. The normalized spacial score (nSPS) is 19.2. The molecule has 6 heteroatoms. The average Bonchev–Trinajstić information content (AvgIpc) is 2.70. The summed E-state index contributed by atoms with van der Waals surface area (Å²) in [5.41, 5.74) is 0.161. The lowest BCUT2D eigenvalue weighted by atomic mass is 10.0. The van der Waals surface area contributed by atoms with Gasteiger partial charge in [0.25, 0.3) is 0 Å². The highest BCUT2D eigenvalue weighted by Gasteiger charge is 2.20. The van der Waals surface area contributed by atoms with E-state index < -0.39 is 35.1 Å². The molecule has 152 valence electrons. The maximum Gasteiger partial charge on any atom is 0.160 e. The zero-order valence-corrected chi connectivity index (χ0v) is 15.9. The zero-order chi connectivity index (χ0) is 20.8. The lowest BCUT2D eigenvalue weighted by Crippen LogP contribution is -2.31. The van der Waals surface area contributed by atoms with E-state index in [1.165, 1.54) is 18.2 Å². The Balaban J connectivity index is 1.64. The van der Waals surface area contributed by atoms with Crippen molar-refractivity contribution in [3.05, 3.63) is 82.4 Å². The molecule has 3 rings (SSSR count). The molecule has 1 heterocycles. The first kappa shape index (κ1) is 21.1. The van der Waals surface area contributed by atoms with E-state index in [1.807, 2.05) is 19.1 Å². The molecular formula is C23H20F4O2. The van der Waals surface area contributed by atoms with Gasteiger partial charge in [0.1, 0.15) is 11.6 Å². The Bertz CT molecular complexity index is 928. The average molecular weight is 404 g/mol. The van der Waals surface area contributed by atoms with Crippen LogP contribution < -0.4 is 0 Å². The van der Waals surface area contributed by atoms with Crippen LogP contribution >= 0.6 is 0 Å². The molecule has 0 aromatic heterocycles. The van der Waals surface area contributed by atoms with Crippen LogP contribution in [0.5, 0.6) is 0 Å². The number of hydrogen-bond acceptors (Lipinski definition) is 2. The molecule has 29 heavy (non-hydrogen) atoms. The molecule has 0 atom stereocenters. The minimum absolute atomic E-state index is 0.120. The van der Waals surface area contributed by atoms with E-state index in [2.05, 4.69) is 11.8 Å². The predicted molar refractivity (Wildman–Crippen MR) is 101 cm³/mol. The third-order valence-electron chi connectivity index (χ3n) is 4.48. The first-order chi connectivity index (χ1) is 14.0. The largest absolute Gasteiger partial charge is 0.352 e. The number of benzene rings is 2. The third-order valence-corrected chi connectivity index (χ3v) is 4.48. The zero-order valence-electron chi connectivity index (χ0n) is 15.9. The van der Waals surface area contributed by atoms with Gasteiger partial charge in [-0.2, -0.15) is 0 Å². The Hall–Kier alpha value is -2.62. The van der Waals surface area contributed by atoms with Crippen LogP contribution in [0.2, 0.25) is 0 Å². The molecule has 0 spiro atoms. The van der Waals surface area contributed by atoms with Crippen molar-refractivity contribution in [1.29, 1.82) is 0 Å². The van der Waals surface area contributed by atoms with Gasteiger partial charge in [-0.1, -0.05) is 24.0 Å².